The van der Waals surface area contributed by atoms with Crippen LogP contribution in [0.4, 0.5) is 13.2 Å². The van der Waals surface area contributed by atoms with Crippen LogP contribution in [0.3, 0.4) is 0 Å². The molecule has 0 aromatic heterocycles. The molecule has 28 heavy (non-hydrogen) atoms. The van der Waals surface area contributed by atoms with Gasteiger partial charge >= 0.3 is 6.18 Å². The van der Waals surface area contributed by atoms with Crippen LogP contribution in [-0.2, 0) is 14.6 Å². The summed E-state index contributed by atoms with van der Waals surface area (Å²) in [5.41, 5.74) is 0. The number of carbonyl (C=O) groups is 1. The van der Waals surface area contributed by atoms with E-state index in [1.807, 2.05) is 9.80 Å². The highest BCUT2D eigenvalue weighted by Gasteiger charge is 2.39. The fraction of sp³-hybridized carbons (Fsp3) is 0.944. The summed E-state index contributed by atoms with van der Waals surface area (Å²) in [5.74, 6) is 0.0945. The SMILES string of the molecule is O=C(CN1CCCN(CC(F)(F)F)CC1)N(C1CCCC1)C1CCS(=O)(=O)C1. The molecule has 0 aromatic rings. The van der Waals surface area contributed by atoms with Crippen molar-refractivity contribution in [1.29, 1.82) is 0 Å². The van der Waals surface area contributed by atoms with Crippen molar-refractivity contribution in [1.82, 2.24) is 14.7 Å². The van der Waals surface area contributed by atoms with Crippen molar-refractivity contribution in [2.75, 3.05) is 50.8 Å². The maximum atomic E-state index is 13.1. The normalized spacial score (nSPS) is 27.8. The van der Waals surface area contributed by atoms with Crippen LogP contribution in [0.2, 0.25) is 0 Å². The minimum absolute atomic E-state index is 0.0363. The van der Waals surface area contributed by atoms with E-state index >= 15 is 0 Å². The lowest BCUT2D eigenvalue weighted by molar-refractivity contribution is -0.145. The summed E-state index contributed by atoms with van der Waals surface area (Å²) in [7, 11) is -3.09. The molecule has 2 heterocycles. The lowest BCUT2D eigenvalue weighted by atomic mass is 10.1. The summed E-state index contributed by atoms with van der Waals surface area (Å²) in [6.07, 6.45) is 0.768. The molecule has 1 aliphatic carbocycles. The lowest BCUT2D eigenvalue weighted by Crippen LogP contribution is -2.51. The molecule has 1 unspecified atom stereocenters. The number of rotatable bonds is 5. The number of amides is 1. The first-order chi connectivity index (χ1) is 13.1. The summed E-state index contributed by atoms with van der Waals surface area (Å²) in [5, 5.41) is 0. The van der Waals surface area contributed by atoms with E-state index in [0.29, 0.717) is 32.5 Å². The smallest absolute Gasteiger partial charge is 0.335 e. The second kappa shape index (κ2) is 8.87. The van der Waals surface area contributed by atoms with Crippen LogP contribution in [0.25, 0.3) is 0 Å². The maximum Gasteiger partial charge on any atom is 0.401 e. The Kier molecular flexibility index (Phi) is 6.92. The van der Waals surface area contributed by atoms with Gasteiger partial charge in [-0.15, -0.1) is 0 Å². The molecule has 6 nitrogen and oxygen atoms in total. The van der Waals surface area contributed by atoms with E-state index in [2.05, 4.69) is 0 Å². The minimum atomic E-state index is -4.21. The summed E-state index contributed by atoms with van der Waals surface area (Å²) < 4.78 is 61.7. The van der Waals surface area contributed by atoms with Crippen molar-refractivity contribution in [3.63, 3.8) is 0 Å². The molecule has 0 radical (unpaired) electrons. The van der Waals surface area contributed by atoms with Gasteiger partial charge in [0.2, 0.25) is 5.91 Å². The van der Waals surface area contributed by atoms with Crippen LogP contribution in [0.15, 0.2) is 0 Å². The van der Waals surface area contributed by atoms with Crippen molar-refractivity contribution < 1.29 is 26.4 Å². The summed E-state index contributed by atoms with van der Waals surface area (Å²) >= 11 is 0. The molecule has 3 fully saturated rings. The molecule has 0 spiro atoms. The molecule has 0 N–H and O–H groups in total. The van der Waals surface area contributed by atoms with E-state index < -0.39 is 22.6 Å². The van der Waals surface area contributed by atoms with Crippen molar-refractivity contribution >= 4 is 15.7 Å². The van der Waals surface area contributed by atoms with Gasteiger partial charge in [0.1, 0.15) is 0 Å². The van der Waals surface area contributed by atoms with Gasteiger partial charge in [0.05, 0.1) is 24.6 Å². The first-order valence-corrected chi connectivity index (χ1v) is 12.0. The van der Waals surface area contributed by atoms with Crippen molar-refractivity contribution in [3.8, 4) is 0 Å². The Balaban J connectivity index is 1.60. The first-order valence-electron chi connectivity index (χ1n) is 10.2. The predicted molar refractivity (Wildman–Crippen MR) is 99.7 cm³/mol. The number of halogens is 3. The van der Waals surface area contributed by atoms with Crippen LogP contribution in [0.5, 0.6) is 0 Å². The predicted octanol–water partition coefficient (Wildman–Crippen LogP) is 1.51. The number of carbonyl (C=O) groups excluding carboxylic acids is 1. The number of hydrogen-bond acceptors (Lipinski definition) is 5. The molecule has 0 aromatic carbocycles. The molecule has 0 bridgehead atoms. The third-order valence-electron chi connectivity index (χ3n) is 6.05. The third kappa shape index (κ3) is 6.06. The topological polar surface area (TPSA) is 60.9 Å². The Bertz CT molecular complexity index is 650. The van der Waals surface area contributed by atoms with E-state index in [1.54, 1.807) is 0 Å². The monoisotopic (exact) mass is 425 g/mol. The van der Waals surface area contributed by atoms with Crippen LogP contribution in [0.1, 0.15) is 38.5 Å². The van der Waals surface area contributed by atoms with Gasteiger partial charge in [-0.2, -0.15) is 13.2 Å². The van der Waals surface area contributed by atoms with E-state index in [9.17, 15) is 26.4 Å². The molecule has 10 heteroatoms. The van der Waals surface area contributed by atoms with Gasteiger partial charge in [-0.1, -0.05) is 12.8 Å². The zero-order valence-electron chi connectivity index (χ0n) is 16.2. The molecule has 2 saturated heterocycles. The molecule has 3 rings (SSSR count). The summed E-state index contributed by atoms with van der Waals surface area (Å²) in [4.78, 5) is 18.2. The zero-order chi connectivity index (χ0) is 20.4. The molecule has 2 aliphatic heterocycles. The molecule has 1 saturated carbocycles. The van der Waals surface area contributed by atoms with Gasteiger partial charge in [-0.05, 0) is 38.8 Å². The molecule has 3 aliphatic rings. The van der Waals surface area contributed by atoms with Crippen LogP contribution in [0, 0.1) is 0 Å². The lowest BCUT2D eigenvalue weighted by Gasteiger charge is -2.35. The molecular weight excluding hydrogens is 395 g/mol. The first kappa shape index (κ1) is 21.8. The second-order valence-corrected chi connectivity index (χ2v) is 10.5. The van der Waals surface area contributed by atoms with Crippen LogP contribution in [-0.4, -0.2) is 98.1 Å². The standard InChI is InChI=1S/C18H30F3N3O3S/c19-18(20,21)14-23-8-3-7-22(9-10-23)12-17(25)24(15-4-1-2-5-15)16-6-11-28(26,27)13-16/h15-16H,1-14H2. The minimum Gasteiger partial charge on any atom is -0.335 e. The molecule has 1 amide bonds. The van der Waals surface area contributed by atoms with Gasteiger partial charge in [0, 0.05) is 25.2 Å². The fourth-order valence-electron chi connectivity index (χ4n) is 4.75. The molecule has 1 atom stereocenters. The van der Waals surface area contributed by atoms with E-state index in [0.717, 1.165) is 25.7 Å². The molecule has 162 valence electrons. The van der Waals surface area contributed by atoms with Gasteiger partial charge in [0.15, 0.2) is 9.84 Å². The summed E-state index contributed by atoms with van der Waals surface area (Å²) in [6.45, 7) is 0.909. The van der Waals surface area contributed by atoms with Crippen molar-refractivity contribution in [3.05, 3.63) is 0 Å². The Hall–Kier alpha value is -0.870. The van der Waals surface area contributed by atoms with Gasteiger partial charge in [-0.25, -0.2) is 8.42 Å². The van der Waals surface area contributed by atoms with E-state index in [-0.39, 0.29) is 42.6 Å². The van der Waals surface area contributed by atoms with Crippen molar-refractivity contribution in [2.45, 2.75) is 56.8 Å². The number of sulfone groups is 1. The Labute approximate surface area is 164 Å². The van der Waals surface area contributed by atoms with E-state index in [1.165, 1.54) is 4.90 Å². The Morgan fingerprint density at radius 3 is 2.18 bits per heavy atom. The maximum absolute atomic E-state index is 13.1. The second-order valence-electron chi connectivity index (χ2n) is 8.32. The number of hydrogen-bond donors (Lipinski definition) is 0. The summed E-state index contributed by atoms with van der Waals surface area (Å²) in [6, 6.07) is -0.159. The van der Waals surface area contributed by atoms with Gasteiger partial charge in [0.25, 0.3) is 0 Å². The number of alkyl halides is 3. The van der Waals surface area contributed by atoms with Crippen LogP contribution < -0.4 is 0 Å². The quantitative estimate of drug-likeness (QED) is 0.668. The number of nitrogens with zero attached hydrogens (tertiary/aromatic N) is 3. The Morgan fingerprint density at radius 1 is 0.929 bits per heavy atom. The van der Waals surface area contributed by atoms with Gasteiger partial charge < -0.3 is 4.90 Å². The highest BCUT2D eigenvalue weighted by atomic mass is 32.2. The molecular formula is C18H30F3N3O3S. The zero-order valence-corrected chi connectivity index (χ0v) is 17.0. The van der Waals surface area contributed by atoms with Crippen LogP contribution >= 0.6 is 0 Å². The van der Waals surface area contributed by atoms with E-state index in [4.69, 9.17) is 0 Å². The average molecular weight is 426 g/mol. The van der Waals surface area contributed by atoms with Crippen molar-refractivity contribution in [2.24, 2.45) is 0 Å². The average Bonchev–Trinajstić information content (AvgIpc) is 3.15. The largest absolute Gasteiger partial charge is 0.401 e. The van der Waals surface area contributed by atoms with Gasteiger partial charge in [-0.3, -0.25) is 14.6 Å². The Morgan fingerprint density at radius 2 is 1.57 bits per heavy atom. The highest BCUT2D eigenvalue weighted by Crippen LogP contribution is 2.29. The highest BCUT2D eigenvalue weighted by molar-refractivity contribution is 7.91. The fourth-order valence-corrected chi connectivity index (χ4v) is 6.46. The third-order valence-corrected chi connectivity index (χ3v) is 7.80.